The Bertz CT molecular complexity index is 279. The first-order valence-electron chi connectivity index (χ1n) is 4.92. The highest BCUT2D eigenvalue weighted by atomic mass is 16.3. The average Bonchev–Trinajstić information content (AvgIpc) is 2.72. The molecule has 1 amide bonds. The van der Waals surface area contributed by atoms with Gasteiger partial charge in [0.1, 0.15) is 0 Å². The van der Waals surface area contributed by atoms with Crippen molar-refractivity contribution in [2.45, 2.75) is 0 Å². The Labute approximate surface area is 89.2 Å². The Hall–Kier alpha value is -1.33. The zero-order chi connectivity index (χ0) is 11.1. The van der Waals surface area contributed by atoms with Crippen LogP contribution in [0.1, 0.15) is 10.6 Å². The number of likely N-dealkylation sites (N-methyl/N-ethyl adjacent to an activating group) is 1. The van der Waals surface area contributed by atoms with Crippen molar-refractivity contribution in [3.63, 3.8) is 0 Å². The minimum atomic E-state index is -0.532. The quantitative estimate of drug-likeness (QED) is 0.680. The number of piperazine rings is 1. The normalized spacial score (nSPS) is 16.6. The predicted octanol–water partition coefficient (Wildman–Crippen LogP) is -0.100. The molecule has 3 N–H and O–H groups in total. The maximum Gasteiger partial charge on any atom is 0.284 e. The summed E-state index contributed by atoms with van der Waals surface area (Å²) in [6.45, 7) is 4.74. The van der Waals surface area contributed by atoms with E-state index in [1.54, 1.807) is 6.07 Å². The van der Waals surface area contributed by atoms with Crippen molar-refractivity contribution in [3.8, 4) is 0 Å². The zero-order valence-corrected chi connectivity index (χ0v) is 8.90. The van der Waals surface area contributed by atoms with Gasteiger partial charge in [0.2, 0.25) is 0 Å². The van der Waals surface area contributed by atoms with Crippen LogP contribution in [-0.4, -0.2) is 44.0 Å². The summed E-state index contributed by atoms with van der Waals surface area (Å²) in [7, 11) is 2.15. The number of nitrogens with one attached hydrogen (secondary N) is 1. The fourth-order valence-corrected chi connectivity index (χ4v) is 1.20. The van der Waals surface area contributed by atoms with Crippen LogP contribution in [0.2, 0.25) is 0 Å². The molecule has 1 aliphatic heterocycles. The van der Waals surface area contributed by atoms with Gasteiger partial charge >= 0.3 is 0 Å². The number of hydrogen-bond donors (Lipinski definition) is 2. The Morgan fingerprint density at radius 3 is 2.47 bits per heavy atom. The molecule has 0 atom stereocenters. The summed E-state index contributed by atoms with van der Waals surface area (Å²) in [5, 5.41) is 3.27. The molecule has 0 unspecified atom stereocenters. The minimum absolute atomic E-state index is 0.199. The SMILES string of the molecule is CN1CCNCC1.NC(=O)c1ccco1. The van der Waals surface area contributed by atoms with E-state index in [-0.39, 0.29) is 5.76 Å². The molecule has 84 valence electrons. The largest absolute Gasteiger partial charge is 0.459 e. The summed E-state index contributed by atoms with van der Waals surface area (Å²) >= 11 is 0. The molecule has 0 aromatic carbocycles. The summed E-state index contributed by atoms with van der Waals surface area (Å²) in [6, 6.07) is 3.13. The van der Waals surface area contributed by atoms with Gasteiger partial charge in [0, 0.05) is 26.2 Å². The highest BCUT2D eigenvalue weighted by Crippen LogP contribution is 1.96. The third-order valence-corrected chi connectivity index (χ3v) is 2.10. The van der Waals surface area contributed by atoms with Gasteiger partial charge in [0.05, 0.1) is 6.26 Å². The molecule has 0 aliphatic carbocycles. The summed E-state index contributed by atoms with van der Waals surface area (Å²) in [5.41, 5.74) is 4.83. The number of amides is 1. The maximum absolute atomic E-state index is 10.2. The van der Waals surface area contributed by atoms with Crippen molar-refractivity contribution in [3.05, 3.63) is 24.2 Å². The number of nitrogens with two attached hydrogens (primary N) is 1. The summed E-state index contributed by atoms with van der Waals surface area (Å²) in [4.78, 5) is 12.5. The van der Waals surface area contributed by atoms with Crippen LogP contribution >= 0.6 is 0 Å². The number of primary amides is 1. The monoisotopic (exact) mass is 211 g/mol. The summed E-state index contributed by atoms with van der Waals surface area (Å²) in [5.74, 6) is -0.333. The lowest BCUT2D eigenvalue weighted by molar-refractivity contribution is 0.0974. The predicted molar refractivity (Wildman–Crippen MR) is 57.6 cm³/mol. The highest BCUT2D eigenvalue weighted by molar-refractivity contribution is 5.89. The molecule has 0 bridgehead atoms. The minimum Gasteiger partial charge on any atom is -0.459 e. The van der Waals surface area contributed by atoms with E-state index >= 15 is 0 Å². The molecule has 0 spiro atoms. The molecule has 1 aliphatic rings. The number of carbonyl (C=O) groups excluding carboxylic acids is 1. The fourth-order valence-electron chi connectivity index (χ4n) is 1.20. The van der Waals surface area contributed by atoms with Crippen LogP contribution in [0.25, 0.3) is 0 Å². The third-order valence-electron chi connectivity index (χ3n) is 2.10. The van der Waals surface area contributed by atoms with E-state index in [0.29, 0.717) is 0 Å². The van der Waals surface area contributed by atoms with Gasteiger partial charge in [-0.3, -0.25) is 4.79 Å². The topological polar surface area (TPSA) is 71.5 Å². The second-order valence-electron chi connectivity index (χ2n) is 3.39. The van der Waals surface area contributed by atoms with Crippen LogP contribution in [0.5, 0.6) is 0 Å². The number of carbonyl (C=O) groups is 1. The van der Waals surface area contributed by atoms with E-state index in [4.69, 9.17) is 5.73 Å². The Balaban J connectivity index is 0.000000151. The summed E-state index contributed by atoms with van der Waals surface area (Å²) < 4.78 is 4.62. The van der Waals surface area contributed by atoms with Crippen LogP contribution in [0.4, 0.5) is 0 Å². The molecule has 1 fully saturated rings. The molecule has 5 nitrogen and oxygen atoms in total. The van der Waals surface area contributed by atoms with Crippen LogP contribution in [0.15, 0.2) is 22.8 Å². The lowest BCUT2D eigenvalue weighted by atomic mass is 10.4. The molecule has 1 saturated heterocycles. The standard InChI is InChI=1S/C5H12N2.C5H5NO2/c1-7-4-2-6-3-5-7;6-5(7)4-2-1-3-8-4/h6H,2-5H2,1H3;1-3H,(H2,6,7). The Morgan fingerprint density at radius 1 is 1.53 bits per heavy atom. The first kappa shape index (κ1) is 11.7. The molecule has 2 rings (SSSR count). The van der Waals surface area contributed by atoms with Gasteiger partial charge < -0.3 is 20.4 Å². The van der Waals surface area contributed by atoms with Gasteiger partial charge in [-0.2, -0.15) is 0 Å². The van der Waals surface area contributed by atoms with Crippen molar-refractivity contribution >= 4 is 5.91 Å². The fraction of sp³-hybridized carbons (Fsp3) is 0.500. The van der Waals surface area contributed by atoms with Crippen molar-refractivity contribution in [1.82, 2.24) is 10.2 Å². The summed E-state index contributed by atoms with van der Waals surface area (Å²) in [6.07, 6.45) is 1.40. The van der Waals surface area contributed by atoms with E-state index in [9.17, 15) is 4.79 Å². The van der Waals surface area contributed by atoms with Crippen LogP contribution in [0, 0.1) is 0 Å². The van der Waals surface area contributed by atoms with Gasteiger partial charge in [0.25, 0.3) is 5.91 Å². The van der Waals surface area contributed by atoms with Crippen LogP contribution < -0.4 is 11.1 Å². The van der Waals surface area contributed by atoms with Gasteiger partial charge in [-0.15, -0.1) is 0 Å². The molecule has 0 radical (unpaired) electrons. The number of hydrogen-bond acceptors (Lipinski definition) is 4. The second kappa shape index (κ2) is 6.21. The maximum atomic E-state index is 10.2. The van der Waals surface area contributed by atoms with Gasteiger partial charge in [-0.25, -0.2) is 0 Å². The highest BCUT2D eigenvalue weighted by Gasteiger charge is 2.01. The molecule has 15 heavy (non-hydrogen) atoms. The second-order valence-corrected chi connectivity index (χ2v) is 3.39. The molecular weight excluding hydrogens is 194 g/mol. The Morgan fingerprint density at radius 2 is 2.20 bits per heavy atom. The smallest absolute Gasteiger partial charge is 0.284 e. The van der Waals surface area contributed by atoms with E-state index in [0.717, 1.165) is 13.1 Å². The molecule has 1 aromatic heterocycles. The lowest BCUT2D eigenvalue weighted by Crippen LogP contribution is -2.40. The van der Waals surface area contributed by atoms with E-state index in [1.807, 2.05) is 0 Å². The molecule has 1 aromatic rings. The molecule has 2 heterocycles. The average molecular weight is 211 g/mol. The molecule has 0 saturated carbocycles. The number of nitrogens with zero attached hydrogens (tertiary/aromatic N) is 1. The van der Waals surface area contributed by atoms with E-state index in [2.05, 4.69) is 21.7 Å². The van der Waals surface area contributed by atoms with Gasteiger partial charge in [-0.05, 0) is 19.2 Å². The zero-order valence-electron chi connectivity index (χ0n) is 8.90. The van der Waals surface area contributed by atoms with E-state index < -0.39 is 5.91 Å². The van der Waals surface area contributed by atoms with Gasteiger partial charge in [0.15, 0.2) is 5.76 Å². The first-order chi connectivity index (χ1) is 7.20. The van der Waals surface area contributed by atoms with E-state index in [1.165, 1.54) is 25.4 Å². The molecular formula is C10H17N3O2. The van der Waals surface area contributed by atoms with Crippen LogP contribution in [-0.2, 0) is 0 Å². The van der Waals surface area contributed by atoms with Crippen molar-refractivity contribution < 1.29 is 9.21 Å². The van der Waals surface area contributed by atoms with Crippen molar-refractivity contribution in [1.29, 1.82) is 0 Å². The third kappa shape index (κ3) is 4.62. The first-order valence-corrected chi connectivity index (χ1v) is 4.92. The van der Waals surface area contributed by atoms with Crippen LogP contribution in [0.3, 0.4) is 0 Å². The lowest BCUT2D eigenvalue weighted by Gasteiger charge is -2.21. The number of furan rings is 1. The number of rotatable bonds is 1. The Kier molecular flexibility index (Phi) is 4.86. The van der Waals surface area contributed by atoms with Gasteiger partial charge in [-0.1, -0.05) is 0 Å². The van der Waals surface area contributed by atoms with Crippen molar-refractivity contribution in [2.24, 2.45) is 5.73 Å². The van der Waals surface area contributed by atoms with Crippen molar-refractivity contribution in [2.75, 3.05) is 33.2 Å². The molecule has 5 heteroatoms.